The number of hydrogen-bond acceptors (Lipinski definition) is 5. The zero-order chi connectivity index (χ0) is 24.1. The number of likely N-dealkylation sites (tertiary alicyclic amines) is 1. The molecule has 1 saturated carbocycles. The second-order valence-corrected chi connectivity index (χ2v) is 9.25. The number of hydrogen-bond donors (Lipinski definition) is 2. The highest BCUT2D eigenvalue weighted by Crippen LogP contribution is 2.29. The predicted molar refractivity (Wildman–Crippen MR) is 116 cm³/mol. The van der Waals surface area contributed by atoms with Gasteiger partial charge >= 0.3 is 0 Å². The molecule has 2 fully saturated rings. The lowest BCUT2D eigenvalue weighted by Crippen LogP contribution is -2.34. The van der Waals surface area contributed by atoms with Gasteiger partial charge in [0.25, 0.3) is 17.4 Å². The number of carbonyl (C=O) groups excluding carboxylic acids is 2. The summed E-state index contributed by atoms with van der Waals surface area (Å²) >= 11 is 0. The molecule has 2 aromatic heterocycles. The molecule has 1 aliphatic heterocycles. The molecule has 11 heteroatoms. The van der Waals surface area contributed by atoms with Crippen molar-refractivity contribution < 1.29 is 23.5 Å². The second kappa shape index (κ2) is 8.27. The minimum absolute atomic E-state index is 0.00621. The van der Waals surface area contributed by atoms with E-state index < -0.39 is 35.7 Å². The van der Waals surface area contributed by atoms with Gasteiger partial charge < -0.3 is 15.3 Å². The Morgan fingerprint density at radius 2 is 2.06 bits per heavy atom. The number of halogens is 2. The van der Waals surface area contributed by atoms with Crippen molar-refractivity contribution in [3.05, 3.63) is 33.3 Å². The van der Waals surface area contributed by atoms with Gasteiger partial charge in [-0.2, -0.15) is 9.61 Å². The first-order chi connectivity index (χ1) is 15.5. The molecule has 2 aliphatic rings. The summed E-state index contributed by atoms with van der Waals surface area (Å²) in [5.41, 5.74) is -0.396. The smallest absolute Gasteiger partial charge is 0.291 e. The van der Waals surface area contributed by atoms with Gasteiger partial charge in [-0.05, 0) is 31.8 Å². The first-order valence-electron chi connectivity index (χ1n) is 11.0. The standard InChI is InChI=1S/C22H27F2N5O4/c1-12(2)10-28-18-14(8-13(3)19(31)27-7-6-22(23,24)11-27)9-25-29(18)21(33)16(20(28)32)17(30)26-15-4-5-15/h8-9,12,15,32H,4-7,10-11H2,1-3H3,(H,26,30). The number of aromatic nitrogens is 3. The van der Waals surface area contributed by atoms with E-state index in [1.54, 1.807) is 0 Å². The molecule has 3 heterocycles. The molecule has 0 bridgehead atoms. The molecule has 1 saturated heterocycles. The fraction of sp³-hybridized carbons (Fsp3) is 0.545. The van der Waals surface area contributed by atoms with Crippen molar-refractivity contribution in [1.82, 2.24) is 24.4 Å². The Morgan fingerprint density at radius 1 is 1.36 bits per heavy atom. The molecule has 2 amide bonds. The molecule has 0 spiro atoms. The Hall–Kier alpha value is -3.24. The van der Waals surface area contributed by atoms with Crippen LogP contribution in [-0.4, -0.2) is 61.1 Å². The van der Waals surface area contributed by atoms with E-state index in [2.05, 4.69) is 10.4 Å². The van der Waals surface area contributed by atoms with Gasteiger partial charge in [0.1, 0.15) is 5.65 Å². The maximum atomic E-state index is 13.5. The topological polar surface area (TPSA) is 109 Å². The van der Waals surface area contributed by atoms with Gasteiger partial charge in [0.2, 0.25) is 11.8 Å². The van der Waals surface area contributed by atoms with Crippen LogP contribution in [-0.2, 0) is 11.3 Å². The average molecular weight is 463 g/mol. The summed E-state index contributed by atoms with van der Waals surface area (Å²) in [5.74, 6) is -4.52. The molecule has 9 nitrogen and oxygen atoms in total. The van der Waals surface area contributed by atoms with E-state index in [4.69, 9.17) is 0 Å². The van der Waals surface area contributed by atoms with Crippen LogP contribution in [0.5, 0.6) is 5.88 Å². The lowest BCUT2D eigenvalue weighted by Gasteiger charge is -2.18. The van der Waals surface area contributed by atoms with Gasteiger partial charge in [-0.3, -0.25) is 19.0 Å². The van der Waals surface area contributed by atoms with Gasteiger partial charge in [0.05, 0.1) is 12.7 Å². The minimum Gasteiger partial charge on any atom is -0.494 e. The van der Waals surface area contributed by atoms with Crippen molar-refractivity contribution in [2.24, 2.45) is 5.92 Å². The third kappa shape index (κ3) is 4.49. The summed E-state index contributed by atoms with van der Waals surface area (Å²) in [6.45, 7) is 4.92. The van der Waals surface area contributed by atoms with Crippen molar-refractivity contribution in [2.75, 3.05) is 13.1 Å². The number of rotatable bonds is 6. The molecular weight excluding hydrogens is 436 g/mol. The fourth-order valence-electron chi connectivity index (χ4n) is 3.99. The van der Waals surface area contributed by atoms with E-state index in [1.807, 2.05) is 13.8 Å². The Bertz CT molecular complexity index is 1210. The number of alkyl halides is 2. The summed E-state index contributed by atoms with van der Waals surface area (Å²) in [5, 5.41) is 17.7. The summed E-state index contributed by atoms with van der Waals surface area (Å²) in [4.78, 5) is 39.4. The molecule has 0 atom stereocenters. The number of amides is 2. The minimum atomic E-state index is -2.90. The van der Waals surface area contributed by atoms with Crippen LogP contribution in [0.15, 0.2) is 16.6 Å². The highest BCUT2D eigenvalue weighted by molar-refractivity contribution is 5.99. The largest absolute Gasteiger partial charge is 0.494 e. The molecule has 33 heavy (non-hydrogen) atoms. The van der Waals surface area contributed by atoms with Gasteiger partial charge in [0, 0.05) is 36.7 Å². The van der Waals surface area contributed by atoms with E-state index in [1.165, 1.54) is 23.8 Å². The Kier molecular flexibility index (Phi) is 5.75. The van der Waals surface area contributed by atoms with Crippen LogP contribution in [0.2, 0.25) is 0 Å². The van der Waals surface area contributed by atoms with E-state index >= 15 is 0 Å². The maximum Gasteiger partial charge on any atom is 0.291 e. The Balaban J connectivity index is 1.78. The third-order valence-corrected chi connectivity index (χ3v) is 5.77. The van der Waals surface area contributed by atoms with Crippen LogP contribution in [0, 0.1) is 5.92 Å². The molecule has 0 unspecified atom stereocenters. The number of fused-ring (bicyclic) bond motifs is 1. The first-order valence-corrected chi connectivity index (χ1v) is 11.0. The number of carbonyl (C=O) groups is 2. The summed E-state index contributed by atoms with van der Waals surface area (Å²) in [7, 11) is 0. The van der Waals surface area contributed by atoms with Crippen LogP contribution in [0.4, 0.5) is 8.78 Å². The van der Waals surface area contributed by atoms with Crippen LogP contribution in [0.1, 0.15) is 56.0 Å². The monoisotopic (exact) mass is 463 g/mol. The van der Waals surface area contributed by atoms with Crippen molar-refractivity contribution in [3.8, 4) is 5.88 Å². The van der Waals surface area contributed by atoms with Crippen molar-refractivity contribution in [2.45, 2.75) is 58.5 Å². The summed E-state index contributed by atoms with van der Waals surface area (Å²) in [6, 6.07) is -0.00621. The molecular formula is C22H27F2N5O4. The number of aromatic hydroxyl groups is 1. The highest BCUT2D eigenvalue weighted by atomic mass is 19.3. The van der Waals surface area contributed by atoms with E-state index in [0.29, 0.717) is 5.56 Å². The SMILES string of the molecule is CC(=Cc1cnn2c(=O)c(C(=O)NC3CC3)c(O)n(CC(C)C)c12)C(=O)N1CCC(F)(F)C1. The highest BCUT2D eigenvalue weighted by Gasteiger charge is 2.40. The molecule has 1 aliphatic carbocycles. The number of nitrogens with one attached hydrogen (secondary N) is 1. The molecule has 2 aromatic rings. The van der Waals surface area contributed by atoms with Crippen molar-refractivity contribution in [3.63, 3.8) is 0 Å². The van der Waals surface area contributed by atoms with Crippen LogP contribution < -0.4 is 10.9 Å². The molecule has 178 valence electrons. The molecule has 2 N–H and O–H groups in total. The average Bonchev–Trinajstić information content (AvgIpc) is 3.32. The van der Waals surface area contributed by atoms with Gasteiger partial charge in [-0.1, -0.05) is 13.8 Å². The lowest BCUT2D eigenvalue weighted by atomic mass is 10.1. The van der Waals surface area contributed by atoms with Gasteiger partial charge in [-0.15, -0.1) is 0 Å². The lowest BCUT2D eigenvalue weighted by molar-refractivity contribution is -0.127. The zero-order valence-electron chi connectivity index (χ0n) is 18.8. The second-order valence-electron chi connectivity index (χ2n) is 9.25. The molecule has 0 radical (unpaired) electrons. The normalized spacial score (nSPS) is 18.4. The quantitative estimate of drug-likeness (QED) is 0.637. The van der Waals surface area contributed by atoms with Crippen LogP contribution >= 0.6 is 0 Å². The van der Waals surface area contributed by atoms with Gasteiger partial charge in [-0.25, -0.2) is 8.78 Å². The molecule has 4 rings (SSSR count). The zero-order valence-corrected chi connectivity index (χ0v) is 18.8. The van der Waals surface area contributed by atoms with Crippen LogP contribution in [0.25, 0.3) is 11.7 Å². The third-order valence-electron chi connectivity index (χ3n) is 5.77. The Morgan fingerprint density at radius 3 is 2.64 bits per heavy atom. The van der Waals surface area contributed by atoms with E-state index in [-0.39, 0.29) is 48.3 Å². The summed E-state index contributed by atoms with van der Waals surface area (Å²) in [6.07, 6.45) is 4.08. The maximum absolute atomic E-state index is 13.5. The molecule has 0 aromatic carbocycles. The van der Waals surface area contributed by atoms with Crippen molar-refractivity contribution in [1.29, 1.82) is 0 Å². The Labute approximate surface area is 188 Å². The van der Waals surface area contributed by atoms with E-state index in [0.717, 1.165) is 22.3 Å². The van der Waals surface area contributed by atoms with Gasteiger partial charge in [0.15, 0.2) is 5.56 Å². The van der Waals surface area contributed by atoms with Crippen LogP contribution in [0.3, 0.4) is 0 Å². The predicted octanol–water partition coefficient (Wildman–Crippen LogP) is 2.02. The fourth-order valence-corrected chi connectivity index (χ4v) is 3.99. The first kappa shape index (κ1) is 22.9. The van der Waals surface area contributed by atoms with Crippen molar-refractivity contribution >= 4 is 23.5 Å². The summed E-state index contributed by atoms with van der Waals surface area (Å²) < 4.78 is 29.5. The number of nitrogens with zero attached hydrogens (tertiary/aromatic N) is 4. The van der Waals surface area contributed by atoms with E-state index in [9.17, 15) is 28.3 Å².